The van der Waals surface area contributed by atoms with Gasteiger partial charge in [-0.15, -0.1) is 11.8 Å². The second kappa shape index (κ2) is 8.25. The maximum absolute atomic E-state index is 12.1. The van der Waals surface area contributed by atoms with Crippen LogP contribution in [0.3, 0.4) is 0 Å². The Morgan fingerprint density at radius 2 is 1.86 bits per heavy atom. The largest absolute Gasteiger partial charge is 0.355 e. The smallest absolute Gasteiger partial charge is 0.233 e. The first-order valence-electron chi connectivity index (χ1n) is 7.30. The highest BCUT2D eigenvalue weighted by Crippen LogP contribution is 2.24. The molecule has 0 fully saturated rings. The van der Waals surface area contributed by atoms with Crippen LogP contribution in [0.2, 0.25) is 5.02 Å². The second-order valence-corrected chi connectivity index (χ2v) is 7.03. The molecule has 0 aromatic heterocycles. The normalized spacial score (nSPS) is 12.0. The van der Waals surface area contributed by atoms with Crippen molar-refractivity contribution < 1.29 is 4.79 Å². The fourth-order valence-corrected chi connectivity index (χ4v) is 3.14. The number of thioether (sulfide) groups is 1. The molecule has 0 saturated heterocycles. The van der Waals surface area contributed by atoms with Crippen LogP contribution < -0.4 is 5.32 Å². The third-order valence-corrected chi connectivity index (χ3v) is 4.81. The molecule has 1 N–H and O–H groups in total. The van der Waals surface area contributed by atoms with Crippen LogP contribution in [-0.4, -0.2) is 17.7 Å². The van der Waals surface area contributed by atoms with E-state index in [1.165, 1.54) is 22.9 Å². The van der Waals surface area contributed by atoms with Crippen molar-refractivity contribution in [2.24, 2.45) is 0 Å². The van der Waals surface area contributed by atoms with E-state index in [1.54, 1.807) is 0 Å². The highest BCUT2D eigenvalue weighted by molar-refractivity contribution is 8.00. The van der Waals surface area contributed by atoms with Gasteiger partial charge < -0.3 is 5.32 Å². The number of aryl methyl sites for hydroxylation is 1. The number of amides is 1. The lowest BCUT2D eigenvalue weighted by Crippen LogP contribution is -2.32. The molecule has 0 aliphatic heterocycles. The Morgan fingerprint density at radius 3 is 2.55 bits per heavy atom. The Kier molecular flexibility index (Phi) is 6.34. The van der Waals surface area contributed by atoms with E-state index in [0.717, 1.165) is 11.3 Å². The molecule has 116 valence electrons. The van der Waals surface area contributed by atoms with E-state index in [0.29, 0.717) is 11.6 Å². The van der Waals surface area contributed by atoms with E-state index in [2.05, 4.69) is 24.4 Å². The van der Waals surface area contributed by atoms with Gasteiger partial charge >= 0.3 is 0 Å². The highest BCUT2D eigenvalue weighted by atomic mass is 35.5. The zero-order valence-electron chi connectivity index (χ0n) is 12.8. The maximum atomic E-state index is 12.1. The summed E-state index contributed by atoms with van der Waals surface area (Å²) in [5, 5.41) is 3.59. The number of benzene rings is 2. The summed E-state index contributed by atoms with van der Waals surface area (Å²) in [4.78, 5) is 13.2. The number of hydrogen-bond donors (Lipinski definition) is 1. The highest BCUT2D eigenvalue weighted by Gasteiger charge is 2.13. The van der Waals surface area contributed by atoms with Crippen LogP contribution in [0, 0.1) is 6.92 Å². The molecule has 2 aromatic carbocycles. The van der Waals surface area contributed by atoms with Crippen molar-refractivity contribution in [2.75, 3.05) is 6.54 Å². The van der Waals surface area contributed by atoms with Gasteiger partial charge in [-0.05, 0) is 55.7 Å². The van der Waals surface area contributed by atoms with E-state index < -0.39 is 0 Å². The predicted octanol–water partition coefficient (Wildman–Crippen LogP) is 4.49. The van der Waals surface area contributed by atoms with Crippen LogP contribution in [-0.2, 0) is 11.2 Å². The molecule has 0 saturated carbocycles. The van der Waals surface area contributed by atoms with Crippen molar-refractivity contribution in [3.8, 4) is 0 Å². The lowest BCUT2D eigenvalue weighted by Gasteiger charge is -2.12. The topological polar surface area (TPSA) is 29.1 Å². The first-order chi connectivity index (χ1) is 10.6. The number of hydrogen-bond acceptors (Lipinski definition) is 2. The molecule has 0 bridgehead atoms. The Morgan fingerprint density at radius 1 is 1.18 bits per heavy atom. The van der Waals surface area contributed by atoms with Crippen molar-refractivity contribution in [3.05, 3.63) is 64.7 Å². The number of halogens is 1. The molecule has 0 radical (unpaired) electrons. The average Bonchev–Trinajstić information content (AvgIpc) is 2.51. The lowest BCUT2D eigenvalue weighted by atomic mass is 10.1. The summed E-state index contributed by atoms with van der Waals surface area (Å²) in [7, 11) is 0. The SMILES string of the molecule is Cc1ccccc1CCNC(=O)C(C)Sc1ccc(Cl)cc1. The van der Waals surface area contributed by atoms with Gasteiger partial charge in [-0.1, -0.05) is 35.9 Å². The van der Waals surface area contributed by atoms with Gasteiger partial charge in [0.1, 0.15) is 0 Å². The van der Waals surface area contributed by atoms with Crippen LogP contribution in [0.4, 0.5) is 0 Å². The average molecular weight is 334 g/mol. The summed E-state index contributed by atoms with van der Waals surface area (Å²) in [6.45, 7) is 4.67. The van der Waals surface area contributed by atoms with Gasteiger partial charge in [0, 0.05) is 16.5 Å². The zero-order valence-corrected chi connectivity index (χ0v) is 14.4. The van der Waals surface area contributed by atoms with Crippen molar-refractivity contribution in [1.29, 1.82) is 0 Å². The van der Waals surface area contributed by atoms with E-state index in [9.17, 15) is 4.79 Å². The van der Waals surface area contributed by atoms with Gasteiger partial charge in [0.2, 0.25) is 5.91 Å². The number of carbonyl (C=O) groups is 1. The van der Waals surface area contributed by atoms with Gasteiger partial charge in [0.05, 0.1) is 5.25 Å². The molecule has 1 unspecified atom stereocenters. The first kappa shape index (κ1) is 16.9. The molecule has 1 amide bonds. The van der Waals surface area contributed by atoms with Gasteiger partial charge in [0.15, 0.2) is 0 Å². The standard InChI is InChI=1S/C18H20ClNOS/c1-13-5-3-4-6-15(13)11-12-20-18(21)14(2)22-17-9-7-16(19)8-10-17/h3-10,14H,11-12H2,1-2H3,(H,20,21). The number of rotatable bonds is 6. The Labute approximate surface area is 141 Å². The fourth-order valence-electron chi connectivity index (χ4n) is 2.13. The molecule has 1 atom stereocenters. The van der Waals surface area contributed by atoms with Gasteiger partial charge in [-0.3, -0.25) is 4.79 Å². The maximum Gasteiger partial charge on any atom is 0.233 e. The summed E-state index contributed by atoms with van der Waals surface area (Å²) in [5.41, 5.74) is 2.54. The van der Waals surface area contributed by atoms with Crippen LogP contribution in [0.5, 0.6) is 0 Å². The van der Waals surface area contributed by atoms with E-state index in [-0.39, 0.29) is 11.2 Å². The molecule has 0 spiro atoms. The third kappa shape index (κ3) is 5.08. The van der Waals surface area contributed by atoms with Crippen molar-refractivity contribution in [3.63, 3.8) is 0 Å². The van der Waals surface area contributed by atoms with Crippen molar-refractivity contribution >= 4 is 29.3 Å². The number of nitrogens with one attached hydrogen (secondary N) is 1. The van der Waals surface area contributed by atoms with Crippen LogP contribution in [0.25, 0.3) is 0 Å². The quantitative estimate of drug-likeness (QED) is 0.789. The minimum absolute atomic E-state index is 0.0635. The molecule has 0 aliphatic rings. The van der Waals surface area contributed by atoms with Gasteiger partial charge in [0.25, 0.3) is 0 Å². The van der Waals surface area contributed by atoms with E-state index >= 15 is 0 Å². The molecular weight excluding hydrogens is 314 g/mol. The fraction of sp³-hybridized carbons (Fsp3) is 0.278. The minimum Gasteiger partial charge on any atom is -0.355 e. The summed E-state index contributed by atoms with van der Waals surface area (Å²) in [5.74, 6) is 0.0635. The molecule has 2 aromatic rings. The summed E-state index contributed by atoms with van der Waals surface area (Å²) in [6, 6.07) is 15.8. The van der Waals surface area contributed by atoms with Crippen LogP contribution in [0.1, 0.15) is 18.1 Å². The monoisotopic (exact) mass is 333 g/mol. The van der Waals surface area contributed by atoms with Crippen LogP contribution in [0.15, 0.2) is 53.4 Å². The zero-order chi connectivity index (χ0) is 15.9. The Hall–Kier alpha value is -1.45. The molecule has 0 heterocycles. The van der Waals surface area contributed by atoms with Gasteiger partial charge in [-0.25, -0.2) is 0 Å². The number of carbonyl (C=O) groups excluding carboxylic acids is 1. The lowest BCUT2D eigenvalue weighted by molar-refractivity contribution is -0.120. The van der Waals surface area contributed by atoms with E-state index in [4.69, 9.17) is 11.6 Å². The predicted molar refractivity (Wildman–Crippen MR) is 94.7 cm³/mol. The van der Waals surface area contributed by atoms with Crippen molar-refractivity contribution in [2.45, 2.75) is 30.4 Å². The summed E-state index contributed by atoms with van der Waals surface area (Å²) >= 11 is 7.40. The first-order valence-corrected chi connectivity index (χ1v) is 8.56. The molecule has 2 rings (SSSR count). The minimum atomic E-state index is -0.127. The Balaban J connectivity index is 1.79. The van der Waals surface area contributed by atoms with Gasteiger partial charge in [-0.2, -0.15) is 0 Å². The molecule has 0 aliphatic carbocycles. The molecule has 4 heteroatoms. The second-order valence-electron chi connectivity index (χ2n) is 5.18. The van der Waals surface area contributed by atoms with Crippen LogP contribution >= 0.6 is 23.4 Å². The Bertz CT molecular complexity index is 627. The summed E-state index contributed by atoms with van der Waals surface area (Å²) < 4.78 is 0. The van der Waals surface area contributed by atoms with E-state index in [1.807, 2.05) is 43.3 Å². The molecule has 2 nitrogen and oxygen atoms in total. The summed E-state index contributed by atoms with van der Waals surface area (Å²) in [6.07, 6.45) is 0.858. The van der Waals surface area contributed by atoms with Crippen molar-refractivity contribution in [1.82, 2.24) is 5.32 Å². The molecule has 22 heavy (non-hydrogen) atoms. The third-order valence-electron chi connectivity index (χ3n) is 3.45. The molecular formula is C18H20ClNOS.